The number of aliphatic hydroxyl groups excluding tert-OH is 2. The number of alkyl halides is 1. The fourth-order valence-corrected chi connectivity index (χ4v) is 2.07. The number of hydrogen-bond acceptors (Lipinski definition) is 5. The van der Waals surface area contributed by atoms with Crippen molar-refractivity contribution in [3.05, 3.63) is 44.7 Å². The van der Waals surface area contributed by atoms with Crippen LogP contribution in [0.4, 0.5) is 0 Å². The van der Waals surface area contributed by atoms with Gasteiger partial charge in [0, 0.05) is 5.33 Å². The molecule has 3 N–H and O–H groups in total. The fraction of sp³-hybridized carbons (Fsp3) is 0.273. The van der Waals surface area contributed by atoms with Gasteiger partial charge in [-0.1, -0.05) is 28.1 Å². The van der Waals surface area contributed by atoms with Crippen molar-refractivity contribution in [1.82, 2.24) is 4.98 Å². The van der Waals surface area contributed by atoms with Crippen molar-refractivity contribution in [3.63, 3.8) is 0 Å². The van der Waals surface area contributed by atoms with Crippen LogP contribution in [0, 0.1) is 0 Å². The van der Waals surface area contributed by atoms with Crippen LogP contribution in [0.1, 0.15) is 11.7 Å². The third-order valence-corrected chi connectivity index (χ3v) is 3.23. The van der Waals surface area contributed by atoms with Crippen molar-refractivity contribution in [2.24, 2.45) is 0 Å². The third-order valence-electron chi connectivity index (χ3n) is 2.56. The quantitative estimate of drug-likeness (QED) is 0.705. The van der Waals surface area contributed by atoms with Crippen LogP contribution in [0.25, 0.3) is 10.9 Å². The number of fused-ring (bicyclic) bond motifs is 1. The van der Waals surface area contributed by atoms with E-state index in [2.05, 4.69) is 25.3 Å². The molecule has 2 atom stereocenters. The second-order valence-electron chi connectivity index (χ2n) is 3.74. The highest BCUT2D eigenvalue weighted by Crippen LogP contribution is 2.23. The van der Waals surface area contributed by atoms with Gasteiger partial charge >= 0.3 is 11.4 Å². The molecular formula is C11H10BrNO5. The molecule has 1 aromatic carbocycles. The highest BCUT2D eigenvalue weighted by Gasteiger charge is 2.21. The van der Waals surface area contributed by atoms with Crippen LogP contribution in [0.2, 0.25) is 0 Å². The Morgan fingerprint density at radius 3 is 2.72 bits per heavy atom. The van der Waals surface area contributed by atoms with E-state index in [1.807, 2.05) is 0 Å². The molecule has 6 nitrogen and oxygen atoms in total. The van der Waals surface area contributed by atoms with E-state index in [4.69, 9.17) is 0 Å². The van der Waals surface area contributed by atoms with Gasteiger partial charge < -0.3 is 14.6 Å². The lowest BCUT2D eigenvalue weighted by Gasteiger charge is -2.16. The standard InChI is InChI=1S/C11H10BrNO5/c12-4-7(14)9(15)5-2-1-3-6-8(5)10(16)18-11(17)13-6/h1-3,7,9,14-15H,4H2,(H,13,17). The molecule has 0 spiro atoms. The van der Waals surface area contributed by atoms with Crippen molar-refractivity contribution in [2.45, 2.75) is 12.2 Å². The minimum Gasteiger partial charge on any atom is -0.389 e. The van der Waals surface area contributed by atoms with E-state index in [0.29, 0.717) is 0 Å². The van der Waals surface area contributed by atoms with Crippen molar-refractivity contribution in [3.8, 4) is 0 Å². The van der Waals surface area contributed by atoms with Crippen molar-refractivity contribution < 1.29 is 14.6 Å². The lowest BCUT2D eigenvalue weighted by Crippen LogP contribution is -2.22. The van der Waals surface area contributed by atoms with Gasteiger partial charge in [0.25, 0.3) is 0 Å². The molecule has 0 aliphatic heterocycles. The summed E-state index contributed by atoms with van der Waals surface area (Å²) in [4.78, 5) is 25.0. The number of halogens is 1. The zero-order valence-electron chi connectivity index (χ0n) is 9.09. The van der Waals surface area contributed by atoms with Crippen LogP contribution in [0.15, 0.2) is 32.2 Å². The summed E-state index contributed by atoms with van der Waals surface area (Å²) in [5.74, 6) is -0.861. The number of aromatic nitrogens is 1. The molecule has 18 heavy (non-hydrogen) atoms. The van der Waals surface area contributed by atoms with Gasteiger partial charge in [-0.15, -0.1) is 0 Å². The molecule has 2 unspecified atom stereocenters. The molecule has 0 bridgehead atoms. The monoisotopic (exact) mass is 315 g/mol. The highest BCUT2D eigenvalue weighted by molar-refractivity contribution is 9.09. The molecule has 2 aromatic rings. The second-order valence-corrected chi connectivity index (χ2v) is 4.39. The molecule has 2 rings (SSSR count). The number of H-pyrrole nitrogens is 1. The summed E-state index contributed by atoms with van der Waals surface area (Å²) in [7, 11) is 0. The summed E-state index contributed by atoms with van der Waals surface area (Å²) in [5, 5.41) is 19.7. The minimum atomic E-state index is -1.25. The molecule has 7 heteroatoms. The first-order chi connectivity index (χ1) is 8.54. The minimum absolute atomic E-state index is 0.0598. The van der Waals surface area contributed by atoms with Crippen molar-refractivity contribution >= 4 is 26.8 Å². The van der Waals surface area contributed by atoms with Gasteiger partial charge in [-0.3, -0.25) is 4.98 Å². The zero-order valence-corrected chi connectivity index (χ0v) is 10.7. The predicted octanol–water partition coefficient (Wildman–Crippen LogP) is 0.271. The topological polar surface area (TPSA) is 104 Å². The van der Waals surface area contributed by atoms with Crippen LogP contribution in [-0.4, -0.2) is 26.6 Å². The number of rotatable bonds is 3. The van der Waals surface area contributed by atoms with E-state index < -0.39 is 23.6 Å². The molecule has 0 saturated carbocycles. The molecule has 0 amide bonds. The van der Waals surface area contributed by atoms with Gasteiger partial charge in [0.1, 0.15) is 6.10 Å². The van der Waals surface area contributed by atoms with E-state index in [9.17, 15) is 19.8 Å². The van der Waals surface area contributed by atoms with Gasteiger partial charge in [0.05, 0.1) is 17.0 Å². The summed E-state index contributed by atoms with van der Waals surface area (Å²) in [6, 6.07) is 4.58. The highest BCUT2D eigenvalue weighted by atomic mass is 79.9. The summed E-state index contributed by atoms with van der Waals surface area (Å²) in [6.07, 6.45) is -2.32. The first kappa shape index (κ1) is 13.0. The van der Waals surface area contributed by atoms with E-state index >= 15 is 0 Å². The van der Waals surface area contributed by atoms with Gasteiger partial charge in [-0.25, -0.2) is 9.59 Å². The Balaban J connectivity index is 2.73. The van der Waals surface area contributed by atoms with E-state index in [1.54, 1.807) is 6.07 Å². The Morgan fingerprint density at radius 1 is 1.33 bits per heavy atom. The first-order valence-corrected chi connectivity index (χ1v) is 6.25. The Hall–Kier alpha value is -1.44. The van der Waals surface area contributed by atoms with Crippen LogP contribution in [0.5, 0.6) is 0 Å². The fourth-order valence-electron chi connectivity index (χ4n) is 1.71. The lowest BCUT2D eigenvalue weighted by atomic mass is 10.0. The number of aromatic amines is 1. The molecule has 0 saturated heterocycles. The molecule has 0 aliphatic rings. The van der Waals surface area contributed by atoms with Gasteiger partial charge in [-0.2, -0.15) is 0 Å². The van der Waals surface area contributed by atoms with Crippen molar-refractivity contribution in [1.29, 1.82) is 0 Å². The summed E-state index contributed by atoms with van der Waals surface area (Å²) < 4.78 is 4.42. The zero-order chi connectivity index (χ0) is 13.3. The Labute approximate surface area is 109 Å². The third kappa shape index (κ3) is 2.24. The van der Waals surface area contributed by atoms with Gasteiger partial charge in [-0.05, 0) is 11.6 Å². The van der Waals surface area contributed by atoms with Crippen LogP contribution < -0.4 is 11.4 Å². The van der Waals surface area contributed by atoms with E-state index in [1.165, 1.54) is 12.1 Å². The molecule has 0 aliphatic carbocycles. The second kappa shape index (κ2) is 5.05. The van der Waals surface area contributed by atoms with E-state index in [0.717, 1.165) is 0 Å². The number of nitrogens with one attached hydrogen (secondary N) is 1. The van der Waals surface area contributed by atoms with Crippen LogP contribution in [0.3, 0.4) is 0 Å². The maximum Gasteiger partial charge on any atom is 0.419 e. The maximum absolute atomic E-state index is 11.6. The van der Waals surface area contributed by atoms with Gasteiger partial charge in [0.2, 0.25) is 0 Å². The average Bonchev–Trinajstić information content (AvgIpc) is 2.35. The number of aliphatic hydroxyl groups is 2. The van der Waals surface area contributed by atoms with Gasteiger partial charge in [0.15, 0.2) is 0 Å². The maximum atomic E-state index is 11.6. The lowest BCUT2D eigenvalue weighted by molar-refractivity contribution is 0.0351. The largest absolute Gasteiger partial charge is 0.419 e. The Kier molecular flexibility index (Phi) is 3.65. The number of benzene rings is 1. The molecule has 96 valence electrons. The SMILES string of the molecule is O=c1[nH]c2cccc(C(O)C(O)CBr)c2c(=O)o1. The Morgan fingerprint density at radius 2 is 2.06 bits per heavy atom. The average molecular weight is 316 g/mol. The first-order valence-electron chi connectivity index (χ1n) is 5.12. The van der Waals surface area contributed by atoms with Crippen molar-refractivity contribution in [2.75, 3.05) is 5.33 Å². The van der Waals surface area contributed by atoms with Crippen LogP contribution in [-0.2, 0) is 0 Å². The molecule has 0 fully saturated rings. The molecule has 1 heterocycles. The normalized spacial score (nSPS) is 14.6. The number of hydrogen-bond donors (Lipinski definition) is 3. The molecule has 1 aromatic heterocycles. The summed E-state index contributed by atoms with van der Waals surface area (Å²) in [6.45, 7) is 0. The summed E-state index contributed by atoms with van der Waals surface area (Å²) in [5.41, 5.74) is -0.371. The van der Waals surface area contributed by atoms with E-state index in [-0.39, 0.29) is 21.8 Å². The molecular weight excluding hydrogens is 306 g/mol. The predicted molar refractivity (Wildman–Crippen MR) is 67.9 cm³/mol. The Bertz CT molecular complexity index is 677. The van der Waals surface area contributed by atoms with Crippen LogP contribution >= 0.6 is 15.9 Å². The smallest absolute Gasteiger partial charge is 0.389 e. The molecule has 0 radical (unpaired) electrons. The summed E-state index contributed by atoms with van der Waals surface area (Å²) >= 11 is 3.04.